The molecule has 7 nitrogen and oxygen atoms in total. The average molecular weight is 411 g/mol. The van der Waals surface area contributed by atoms with Crippen LogP contribution in [0.5, 0.6) is 5.75 Å². The van der Waals surface area contributed by atoms with Crippen LogP contribution in [0.4, 0.5) is 17.1 Å². The van der Waals surface area contributed by atoms with Gasteiger partial charge in [-0.1, -0.05) is 54.6 Å². The Balaban J connectivity index is 1.81. The molecule has 0 atom stereocenters. The second kappa shape index (κ2) is 8.46. The van der Waals surface area contributed by atoms with Crippen molar-refractivity contribution in [3.8, 4) is 5.75 Å². The Morgan fingerprint density at radius 1 is 0.774 bits per heavy atom. The second-order valence-electron chi connectivity index (χ2n) is 6.68. The summed E-state index contributed by atoms with van der Waals surface area (Å²) in [6.45, 7) is 0. The fourth-order valence-electron chi connectivity index (χ4n) is 3.16. The number of amides is 1. The highest BCUT2D eigenvalue weighted by molar-refractivity contribution is 6.11. The lowest BCUT2D eigenvalue weighted by molar-refractivity contribution is 0.0697. The standard InChI is InChI=1S/C24H17N3O4/c28-22-19(23(29)25-16-9-2-1-3-10-16)14-15-8-4-5-11-17(15)21(22)27-26-20-13-7-6-12-18(20)24(30)31/h1-14,28H,(H,25,29)(H,30,31). The molecule has 31 heavy (non-hydrogen) atoms. The van der Waals surface area contributed by atoms with Crippen molar-refractivity contribution in [3.05, 3.63) is 96.1 Å². The van der Waals surface area contributed by atoms with Crippen molar-refractivity contribution in [2.75, 3.05) is 5.32 Å². The van der Waals surface area contributed by atoms with Crippen molar-refractivity contribution in [1.82, 2.24) is 0 Å². The van der Waals surface area contributed by atoms with E-state index in [0.29, 0.717) is 16.5 Å². The molecular weight excluding hydrogens is 394 g/mol. The number of rotatable bonds is 5. The number of hydrogen-bond donors (Lipinski definition) is 3. The van der Waals surface area contributed by atoms with Crippen LogP contribution in [0.2, 0.25) is 0 Å². The Morgan fingerprint density at radius 2 is 1.45 bits per heavy atom. The van der Waals surface area contributed by atoms with Gasteiger partial charge in [-0.2, -0.15) is 0 Å². The number of aromatic hydroxyl groups is 1. The van der Waals surface area contributed by atoms with Crippen molar-refractivity contribution in [1.29, 1.82) is 0 Å². The number of carboxylic acids is 1. The molecule has 0 aliphatic heterocycles. The summed E-state index contributed by atoms with van der Waals surface area (Å²) in [5.74, 6) is -1.99. The summed E-state index contributed by atoms with van der Waals surface area (Å²) in [6, 6.07) is 23.7. The van der Waals surface area contributed by atoms with Crippen molar-refractivity contribution >= 4 is 39.7 Å². The van der Waals surface area contributed by atoms with Crippen LogP contribution in [0.15, 0.2) is 95.2 Å². The van der Waals surface area contributed by atoms with E-state index in [-0.39, 0.29) is 28.3 Å². The quantitative estimate of drug-likeness (QED) is 0.354. The van der Waals surface area contributed by atoms with E-state index >= 15 is 0 Å². The first kappa shape index (κ1) is 19.8. The number of anilines is 1. The summed E-state index contributed by atoms with van der Waals surface area (Å²) in [5.41, 5.74) is 0.809. The van der Waals surface area contributed by atoms with Gasteiger partial charge in [0, 0.05) is 11.1 Å². The van der Waals surface area contributed by atoms with Crippen molar-refractivity contribution in [2.24, 2.45) is 10.2 Å². The van der Waals surface area contributed by atoms with E-state index in [9.17, 15) is 19.8 Å². The molecule has 0 saturated heterocycles. The van der Waals surface area contributed by atoms with Gasteiger partial charge in [0.1, 0.15) is 11.4 Å². The lowest BCUT2D eigenvalue weighted by Crippen LogP contribution is -2.12. The molecule has 3 N–H and O–H groups in total. The Morgan fingerprint density at radius 3 is 2.23 bits per heavy atom. The van der Waals surface area contributed by atoms with Crippen molar-refractivity contribution in [3.63, 3.8) is 0 Å². The van der Waals surface area contributed by atoms with E-state index in [2.05, 4.69) is 15.5 Å². The number of fused-ring (bicyclic) bond motifs is 1. The van der Waals surface area contributed by atoms with E-state index in [1.165, 1.54) is 12.1 Å². The van der Waals surface area contributed by atoms with Gasteiger partial charge in [-0.05, 0) is 35.7 Å². The summed E-state index contributed by atoms with van der Waals surface area (Å²) in [6.07, 6.45) is 0. The van der Waals surface area contributed by atoms with E-state index in [4.69, 9.17) is 0 Å². The third-order valence-electron chi connectivity index (χ3n) is 4.66. The maximum Gasteiger partial charge on any atom is 0.337 e. The second-order valence-corrected chi connectivity index (χ2v) is 6.68. The van der Waals surface area contributed by atoms with Crippen LogP contribution in [0.25, 0.3) is 10.8 Å². The molecule has 0 spiro atoms. The van der Waals surface area contributed by atoms with Gasteiger partial charge >= 0.3 is 5.97 Å². The number of para-hydroxylation sites is 1. The van der Waals surface area contributed by atoms with Crippen LogP contribution < -0.4 is 5.32 Å². The predicted octanol–water partition coefficient (Wildman–Crippen LogP) is 5.91. The third kappa shape index (κ3) is 4.11. The molecular formula is C24H17N3O4. The maximum absolute atomic E-state index is 12.8. The summed E-state index contributed by atoms with van der Waals surface area (Å²) < 4.78 is 0. The first-order chi connectivity index (χ1) is 15.0. The molecule has 4 aromatic rings. The molecule has 1 amide bonds. The SMILES string of the molecule is O=C(O)c1ccccc1N=Nc1c(O)c(C(=O)Nc2ccccc2)cc2ccccc12. The summed E-state index contributed by atoms with van der Waals surface area (Å²) in [5, 5.41) is 32.4. The van der Waals surface area contributed by atoms with Crippen LogP contribution in [-0.4, -0.2) is 22.1 Å². The molecule has 0 aliphatic carbocycles. The minimum Gasteiger partial charge on any atom is -0.505 e. The molecule has 0 aromatic heterocycles. The number of carbonyl (C=O) groups is 2. The van der Waals surface area contributed by atoms with Crippen molar-refractivity contribution in [2.45, 2.75) is 0 Å². The first-order valence-electron chi connectivity index (χ1n) is 9.40. The van der Waals surface area contributed by atoms with Crippen LogP contribution in [0.1, 0.15) is 20.7 Å². The maximum atomic E-state index is 12.8. The number of nitrogens with one attached hydrogen (secondary N) is 1. The molecule has 0 bridgehead atoms. The normalized spacial score (nSPS) is 11.0. The number of aromatic carboxylic acids is 1. The number of phenolic OH excluding ortho intramolecular Hbond substituents is 1. The summed E-state index contributed by atoms with van der Waals surface area (Å²) >= 11 is 0. The summed E-state index contributed by atoms with van der Waals surface area (Å²) in [4.78, 5) is 24.3. The van der Waals surface area contributed by atoms with Gasteiger partial charge in [-0.3, -0.25) is 4.79 Å². The highest BCUT2D eigenvalue weighted by Crippen LogP contribution is 2.39. The Kier molecular flexibility index (Phi) is 5.40. The van der Waals surface area contributed by atoms with Gasteiger partial charge in [0.15, 0.2) is 5.75 Å². The molecule has 0 radical (unpaired) electrons. The molecule has 4 aromatic carbocycles. The number of carbonyl (C=O) groups excluding carboxylic acids is 1. The third-order valence-corrected chi connectivity index (χ3v) is 4.66. The van der Waals surface area contributed by atoms with Crippen LogP contribution >= 0.6 is 0 Å². The van der Waals surface area contributed by atoms with Gasteiger partial charge in [0.25, 0.3) is 5.91 Å². The smallest absolute Gasteiger partial charge is 0.337 e. The molecule has 0 fully saturated rings. The molecule has 0 unspecified atom stereocenters. The van der Waals surface area contributed by atoms with Gasteiger partial charge < -0.3 is 15.5 Å². The topological polar surface area (TPSA) is 111 Å². The molecule has 0 saturated carbocycles. The van der Waals surface area contributed by atoms with E-state index < -0.39 is 11.9 Å². The fourth-order valence-corrected chi connectivity index (χ4v) is 3.16. The zero-order chi connectivity index (χ0) is 21.8. The first-order valence-corrected chi connectivity index (χ1v) is 9.40. The lowest BCUT2D eigenvalue weighted by atomic mass is 10.0. The van der Waals surface area contributed by atoms with E-state index in [0.717, 1.165) is 0 Å². The lowest BCUT2D eigenvalue weighted by Gasteiger charge is -2.11. The van der Waals surface area contributed by atoms with Crippen LogP contribution in [-0.2, 0) is 0 Å². The number of carboxylic acid groups (broad SMARTS) is 1. The van der Waals surface area contributed by atoms with E-state index in [1.54, 1.807) is 66.7 Å². The molecule has 0 heterocycles. The highest BCUT2D eigenvalue weighted by atomic mass is 16.4. The molecule has 7 heteroatoms. The van der Waals surface area contributed by atoms with Gasteiger partial charge in [0.2, 0.25) is 0 Å². The van der Waals surface area contributed by atoms with E-state index in [1.807, 2.05) is 6.07 Å². The Hall–Kier alpha value is -4.52. The largest absolute Gasteiger partial charge is 0.505 e. The number of phenols is 1. The fraction of sp³-hybridized carbons (Fsp3) is 0. The number of azo groups is 1. The van der Waals surface area contributed by atoms with Crippen LogP contribution in [0.3, 0.4) is 0 Å². The number of hydrogen-bond acceptors (Lipinski definition) is 5. The monoisotopic (exact) mass is 411 g/mol. The summed E-state index contributed by atoms with van der Waals surface area (Å²) in [7, 11) is 0. The van der Waals surface area contributed by atoms with Crippen molar-refractivity contribution < 1.29 is 19.8 Å². The Bertz CT molecular complexity index is 1320. The molecule has 4 rings (SSSR count). The van der Waals surface area contributed by atoms with Crippen LogP contribution in [0, 0.1) is 0 Å². The number of benzene rings is 4. The Labute approximate surface area is 177 Å². The minimum atomic E-state index is -1.14. The van der Waals surface area contributed by atoms with Gasteiger partial charge in [0.05, 0.1) is 11.1 Å². The average Bonchev–Trinajstić information content (AvgIpc) is 2.79. The minimum absolute atomic E-state index is 0.0204. The molecule has 0 aliphatic rings. The molecule has 152 valence electrons. The number of nitrogens with zero attached hydrogens (tertiary/aromatic N) is 2. The van der Waals surface area contributed by atoms with Gasteiger partial charge in [-0.15, -0.1) is 10.2 Å². The zero-order valence-electron chi connectivity index (χ0n) is 16.2. The zero-order valence-corrected chi connectivity index (χ0v) is 16.2. The van der Waals surface area contributed by atoms with Gasteiger partial charge in [-0.25, -0.2) is 4.79 Å². The highest BCUT2D eigenvalue weighted by Gasteiger charge is 2.19. The predicted molar refractivity (Wildman–Crippen MR) is 118 cm³/mol.